The highest BCUT2D eigenvalue weighted by Gasteiger charge is 2.34. The van der Waals surface area contributed by atoms with Crippen LogP contribution in [0.25, 0.3) is 0 Å². The lowest BCUT2D eigenvalue weighted by molar-refractivity contribution is -0.145. The molecule has 0 aliphatic carbocycles. The molecule has 0 bridgehead atoms. The smallest absolute Gasteiger partial charge is 0.325 e. The van der Waals surface area contributed by atoms with E-state index in [2.05, 4.69) is 18.4 Å². The third-order valence-corrected chi connectivity index (χ3v) is 3.69. The van der Waals surface area contributed by atoms with Crippen LogP contribution in [-0.4, -0.2) is 47.1 Å². The first-order valence-electron chi connectivity index (χ1n) is 6.43. The normalized spacial score (nSPS) is 22.3. The van der Waals surface area contributed by atoms with E-state index in [4.69, 9.17) is 0 Å². The molecule has 4 nitrogen and oxygen atoms in total. The number of benzene rings is 1. The maximum atomic E-state index is 11.6. The summed E-state index contributed by atoms with van der Waals surface area (Å²) in [6, 6.07) is 8.95. The third-order valence-electron chi connectivity index (χ3n) is 3.69. The van der Waals surface area contributed by atoms with Crippen molar-refractivity contribution in [3.8, 4) is 0 Å². The van der Waals surface area contributed by atoms with Crippen molar-refractivity contribution in [2.45, 2.75) is 19.0 Å². The van der Waals surface area contributed by atoms with Gasteiger partial charge in [0.05, 0.1) is 0 Å². The van der Waals surface area contributed by atoms with E-state index >= 15 is 0 Å². The third kappa shape index (κ3) is 2.79. The SMILES string of the molecule is C=C1CN(C(C(=O)O)c2ccccc2)C(C)CN1C. The summed E-state index contributed by atoms with van der Waals surface area (Å²) in [5.74, 6) is -0.810. The Balaban J connectivity index is 2.30. The van der Waals surface area contributed by atoms with Gasteiger partial charge in [-0.2, -0.15) is 0 Å². The van der Waals surface area contributed by atoms with Gasteiger partial charge in [-0.25, -0.2) is 0 Å². The zero-order chi connectivity index (χ0) is 14.0. The minimum atomic E-state index is -0.810. The van der Waals surface area contributed by atoms with E-state index in [0.717, 1.165) is 17.8 Å². The lowest BCUT2D eigenvalue weighted by Crippen LogP contribution is -2.51. The Morgan fingerprint density at radius 3 is 2.63 bits per heavy atom. The average molecular weight is 260 g/mol. The fourth-order valence-electron chi connectivity index (χ4n) is 2.57. The molecule has 1 heterocycles. The van der Waals surface area contributed by atoms with Gasteiger partial charge >= 0.3 is 5.97 Å². The minimum Gasteiger partial charge on any atom is -0.480 e. The van der Waals surface area contributed by atoms with Crippen molar-refractivity contribution < 1.29 is 9.90 Å². The zero-order valence-corrected chi connectivity index (χ0v) is 11.4. The molecule has 0 aromatic heterocycles. The van der Waals surface area contributed by atoms with Crippen molar-refractivity contribution in [1.29, 1.82) is 0 Å². The first-order valence-corrected chi connectivity index (χ1v) is 6.43. The molecule has 1 aromatic rings. The predicted molar refractivity (Wildman–Crippen MR) is 74.8 cm³/mol. The summed E-state index contributed by atoms with van der Waals surface area (Å²) in [5.41, 5.74) is 1.78. The van der Waals surface area contributed by atoms with Crippen molar-refractivity contribution in [3.05, 3.63) is 48.2 Å². The molecule has 1 aliphatic heterocycles. The monoisotopic (exact) mass is 260 g/mol. The van der Waals surface area contributed by atoms with Crippen LogP contribution >= 0.6 is 0 Å². The summed E-state index contributed by atoms with van der Waals surface area (Å²) >= 11 is 0. The number of hydrogen-bond acceptors (Lipinski definition) is 3. The molecule has 2 atom stereocenters. The Labute approximate surface area is 113 Å². The number of carboxylic acids is 1. The van der Waals surface area contributed by atoms with Gasteiger partial charge in [0.15, 0.2) is 0 Å². The summed E-state index contributed by atoms with van der Waals surface area (Å²) in [7, 11) is 1.99. The van der Waals surface area contributed by atoms with Gasteiger partial charge in [0.2, 0.25) is 0 Å². The van der Waals surface area contributed by atoms with Gasteiger partial charge in [-0.1, -0.05) is 36.9 Å². The number of likely N-dealkylation sites (N-methyl/N-ethyl adjacent to an activating group) is 1. The van der Waals surface area contributed by atoms with E-state index in [1.54, 1.807) is 0 Å². The van der Waals surface area contributed by atoms with Gasteiger partial charge in [-0.15, -0.1) is 0 Å². The summed E-state index contributed by atoms with van der Waals surface area (Å²) in [4.78, 5) is 15.7. The van der Waals surface area contributed by atoms with Gasteiger partial charge in [0.1, 0.15) is 6.04 Å². The van der Waals surface area contributed by atoms with Crippen molar-refractivity contribution in [2.75, 3.05) is 20.1 Å². The average Bonchev–Trinajstić information content (AvgIpc) is 2.37. The van der Waals surface area contributed by atoms with E-state index in [1.165, 1.54) is 0 Å². The maximum Gasteiger partial charge on any atom is 0.325 e. The van der Waals surface area contributed by atoms with Crippen molar-refractivity contribution >= 4 is 5.97 Å². The summed E-state index contributed by atoms with van der Waals surface area (Å²) in [6.07, 6.45) is 0. The molecule has 1 fully saturated rings. The molecule has 19 heavy (non-hydrogen) atoms. The van der Waals surface area contributed by atoms with E-state index in [-0.39, 0.29) is 6.04 Å². The molecule has 1 saturated heterocycles. The molecule has 2 unspecified atom stereocenters. The first kappa shape index (κ1) is 13.6. The van der Waals surface area contributed by atoms with E-state index in [1.807, 2.05) is 42.3 Å². The summed E-state index contributed by atoms with van der Waals surface area (Å²) in [6.45, 7) is 7.45. The molecular weight excluding hydrogens is 240 g/mol. The maximum absolute atomic E-state index is 11.6. The second-order valence-corrected chi connectivity index (χ2v) is 5.12. The van der Waals surface area contributed by atoms with E-state index in [0.29, 0.717) is 6.54 Å². The number of carboxylic acid groups (broad SMARTS) is 1. The number of piperazine rings is 1. The topological polar surface area (TPSA) is 43.8 Å². The number of nitrogens with zero attached hydrogens (tertiary/aromatic N) is 2. The highest BCUT2D eigenvalue weighted by molar-refractivity contribution is 5.75. The molecule has 4 heteroatoms. The summed E-state index contributed by atoms with van der Waals surface area (Å²) < 4.78 is 0. The summed E-state index contributed by atoms with van der Waals surface area (Å²) in [5, 5.41) is 9.56. The van der Waals surface area contributed by atoms with Gasteiger partial charge in [0, 0.05) is 31.9 Å². The van der Waals surface area contributed by atoms with Crippen LogP contribution in [0.1, 0.15) is 18.5 Å². The second-order valence-electron chi connectivity index (χ2n) is 5.12. The van der Waals surface area contributed by atoms with Crippen molar-refractivity contribution in [3.63, 3.8) is 0 Å². The molecule has 1 aliphatic rings. The van der Waals surface area contributed by atoms with Crippen molar-refractivity contribution in [1.82, 2.24) is 9.80 Å². The Bertz CT molecular complexity index is 472. The van der Waals surface area contributed by atoms with Crippen LogP contribution in [0, 0.1) is 0 Å². The van der Waals surface area contributed by atoms with Crippen LogP contribution in [-0.2, 0) is 4.79 Å². The highest BCUT2D eigenvalue weighted by atomic mass is 16.4. The van der Waals surface area contributed by atoms with Crippen molar-refractivity contribution in [2.24, 2.45) is 0 Å². The standard InChI is InChI=1S/C15H20N2O2/c1-11-10-17(12(2)9-16(11)3)14(15(18)19)13-7-5-4-6-8-13/h4-8,12,14H,1,9-10H2,2-3H3,(H,18,19). The highest BCUT2D eigenvalue weighted by Crippen LogP contribution is 2.27. The Morgan fingerprint density at radius 2 is 2.05 bits per heavy atom. The number of carbonyl (C=O) groups is 1. The largest absolute Gasteiger partial charge is 0.480 e. The van der Waals surface area contributed by atoms with Crippen LogP contribution in [0.4, 0.5) is 0 Å². The van der Waals surface area contributed by atoms with Crippen LogP contribution in [0.3, 0.4) is 0 Å². The van der Waals surface area contributed by atoms with Crippen LogP contribution in [0.15, 0.2) is 42.6 Å². The zero-order valence-electron chi connectivity index (χ0n) is 11.4. The fourth-order valence-corrected chi connectivity index (χ4v) is 2.57. The van der Waals surface area contributed by atoms with Crippen LogP contribution in [0.5, 0.6) is 0 Å². The Kier molecular flexibility index (Phi) is 3.90. The Morgan fingerprint density at radius 1 is 1.42 bits per heavy atom. The van der Waals surface area contributed by atoms with E-state index < -0.39 is 12.0 Å². The van der Waals surface area contributed by atoms with Crippen LogP contribution in [0.2, 0.25) is 0 Å². The van der Waals surface area contributed by atoms with E-state index in [9.17, 15) is 9.90 Å². The second kappa shape index (κ2) is 5.45. The van der Waals surface area contributed by atoms with Crippen LogP contribution < -0.4 is 0 Å². The predicted octanol–water partition coefficient (Wildman–Crippen LogP) is 1.96. The van der Waals surface area contributed by atoms with Gasteiger partial charge < -0.3 is 10.0 Å². The molecule has 0 amide bonds. The quantitative estimate of drug-likeness (QED) is 0.902. The lowest BCUT2D eigenvalue weighted by atomic mass is 10.0. The molecule has 0 saturated carbocycles. The molecular formula is C15H20N2O2. The molecule has 1 N–H and O–H groups in total. The first-order chi connectivity index (χ1) is 9.00. The molecule has 0 radical (unpaired) electrons. The van der Waals surface area contributed by atoms with Gasteiger partial charge in [0.25, 0.3) is 0 Å². The Hall–Kier alpha value is -1.81. The molecule has 0 spiro atoms. The van der Waals surface area contributed by atoms with Gasteiger partial charge in [-0.3, -0.25) is 9.69 Å². The number of rotatable bonds is 3. The molecule has 102 valence electrons. The fraction of sp³-hybridized carbons (Fsp3) is 0.400. The lowest BCUT2D eigenvalue weighted by Gasteiger charge is -2.43. The van der Waals surface area contributed by atoms with Gasteiger partial charge in [-0.05, 0) is 12.5 Å². The minimum absolute atomic E-state index is 0.178. The molecule has 2 rings (SSSR count). The number of aliphatic carboxylic acids is 1. The number of hydrogen-bond donors (Lipinski definition) is 1. The molecule has 1 aromatic carbocycles.